The molecule has 0 N–H and O–H groups in total. The van der Waals surface area contributed by atoms with Crippen molar-refractivity contribution in [3.05, 3.63) is 45.8 Å². The predicted molar refractivity (Wildman–Crippen MR) is 128 cm³/mol. The number of anilines is 1. The first-order chi connectivity index (χ1) is 14.9. The maximum absolute atomic E-state index is 5.74. The fraction of sp³-hybridized carbons (Fsp3) is 0.538. The number of benzene rings is 1. The highest BCUT2D eigenvalue weighted by molar-refractivity contribution is 5.85. The lowest BCUT2D eigenvalue weighted by molar-refractivity contribution is 0.151. The molecule has 31 heavy (non-hydrogen) atoms. The number of rotatable bonds is 6. The molecule has 5 nitrogen and oxygen atoms in total. The topological polar surface area (TPSA) is 42.7 Å². The fourth-order valence-corrected chi connectivity index (χ4v) is 5.40. The minimum Gasteiger partial charge on any atom is -0.380 e. The van der Waals surface area contributed by atoms with E-state index in [0.717, 1.165) is 56.1 Å². The first-order valence-electron chi connectivity index (χ1n) is 11.7. The lowest BCUT2D eigenvalue weighted by Gasteiger charge is -2.38. The first kappa shape index (κ1) is 21.8. The number of aromatic nitrogens is 3. The third kappa shape index (κ3) is 3.73. The average Bonchev–Trinajstić information content (AvgIpc) is 3.03. The molecule has 1 aliphatic heterocycles. The van der Waals surface area contributed by atoms with Crippen LogP contribution in [0.4, 0.5) is 5.82 Å². The summed E-state index contributed by atoms with van der Waals surface area (Å²) in [6, 6.07) is 5.03. The van der Waals surface area contributed by atoms with Gasteiger partial charge in [0.15, 0.2) is 5.65 Å². The summed E-state index contributed by atoms with van der Waals surface area (Å²) in [5, 5.41) is 5.07. The van der Waals surface area contributed by atoms with Crippen LogP contribution in [0.25, 0.3) is 16.8 Å². The predicted octanol–water partition coefficient (Wildman–Crippen LogP) is 5.51. The van der Waals surface area contributed by atoms with Crippen molar-refractivity contribution in [2.45, 2.75) is 73.8 Å². The van der Waals surface area contributed by atoms with Crippen LogP contribution < -0.4 is 4.90 Å². The van der Waals surface area contributed by atoms with E-state index >= 15 is 0 Å². The van der Waals surface area contributed by atoms with E-state index < -0.39 is 0 Å². The Morgan fingerprint density at radius 1 is 1.00 bits per heavy atom. The van der Waals surface area contributed by atoms with Gasteiger partial charge in [0.1, 0.15) is 5.82 Å². The molecule has 3 aromatic rings. The summed E-state index contributed by atoms with van der Waals surface area (Å²) in [6.07, 6.45) is 3.34. The molecule has 0 aliphatic carbocycles. The Kier molecular flexibility index (Phi) is 6.07. The van der Waals surface area contributed by atoms with Gasteiger partial charge in [-0.1, -0.05) is 24.6 Å². The molecule has 0 spiro atoms. The quantitative estimate of drug-likeness (QED) is 0.494. The molecule has 0 amide bonds. The van der Waals surface area contributed by atoms with E-state index in [9.17, 15) is 0 Å². The highest BCUT2D eigenvalue weighted by Gasteiger charge is 2.31. The molecule has 2 aromatic heterocycles. The molecule has 0 radical (unpaired) electrons. The molecule has 0 saturated carbocycles. The molecule has 1 aliphatic rings. The molecule has 1 aromatic carbocycles. The minimum atomic E-state index is 0.508. The molecular formula is C26H36N4O. The van der Waals surface area contributed by atoms with Crippen molar-refractivity contribution in [3.8, 4) is 11.1 Å². The van der Waals surface area contributed by atoms with Crippen LogP contribution in [0.1, 0.15) is 60.3 Å². The fourth-order valence-electron chi connectivity index (χ4n) is 5.40. The maximum atomic E-state index is 5.74. The van der Waals surface area contributed by atoms with Crippen LogP contribution in [0.5, 0.6) is 0 Å². The van der Waals surface area contributed by atoms with E-state index in [0.29, 0.717) is 6.04 Å². The number of ether oxygens (including phenoxy) is 1. The van der Waals surface area contributed by atoms with Crippen molar-refractivity contribution in [3.63, 3.8) is 0 Å². The Bertz CT molecular complexity index is 1090. The van der Waals surface area contributed by atoms with Crippen molar-refractivity contribution >= 4 is 11.5 Å². The zero-order chi connectivity index (χ0) is 22.3. The van der Waals surface area contributed by atoms with Gasteiger partial charge in [0.2, 0.25) is 0 Å². The summed E-state index contributed by atoms with van der Waals surface area (Å²) in [5.74, 6) is 1.22. The minimum absolute atomic E-state index is 0.508. The normalized spacial score (nSPS) is 16.2. The van der Waals surface area contributed by atoms with Gasteiger partial charge in [0.05, 0.1) is 17.9 Å². The van der Waals surface area contributed by atoms with E-state index in [4.69, 9.17) is 14.8 Å². The number of hydrogen-bond acceptors (Lipinski definition) is 4. The second kappa shape index (κ2) is 8.62. The molecule has 0 saturated heterocycles. The Morgan fingerprint density at radius 2 is 1.71 bits per heavy atom. The summed E-state index contributed by atoms with van der Waals surface area (Å²) in [4.78, 5) is 7.64. The van der Waals surface area contributed by atoms with Crippen LogP contribution in [-0.2, 0) is 11.2 Å². The van der Waals surface area contributed by atoms with Crippen molar-refractivity contribution in [2.75, 3.05) is 24.7 Å². The van der Waals surface area contributed by atoms with E-state index in [1.54, 1.807) is 0 Å². The standard InChI is InChI=1S/C26H36N4O/c1-8-21-10-11-22-19(6)27-25-24(23-17(4)14-16(3)15-18(23)5)20(7)28-30(25)26(22)29(21)12-13-31-9-2/h14-15,21H,8-13H2,1-7H3. The molecule has 1 atom stereocenters. The summed E-state index contributed by atoms with van der Waals surface area (Å²) in [7, 11) is 0. The third-order valence-electron chi connectivity index (χ3n) is 6.74. The van der Waals surface area contributed by atoms with E-state index in [-0.39, 0.29) is 0 Å². The summed E-state index contributed by atoms with van der Waals surface area (Å²) in [5.41, 5.74) is 10.8. The Hall–Kier alpha value is -2.40. The highest BCUT2D eigenvalue weighted by atomic mass is 16.5. The molecule has 0 fully saturated rings. The van der Waals surface area contributed by atoms with Gasteiger partial charge in [0.25, 0.3) is 0 Å². The van der Waals surface area contributed by atoms with Gasteiger partial charge in [-0.25, -0.2) is 4.98 Å². The molecule has 1 unspecified atom stereocenters. The molecular weight excluding hydrogens is 384 g/mol. The maximum Gasteiger partial charge on any atom is 0.165 e. The van der Waals surface area contributed by atoms with Crippen LogP contribution in [-0.4, -0.2) is 40.4 Å². The zero-order valence-corrected chi connectivity index (χ0v) is 20.2. The molecule has 0 bridgehead atoms. The number of fused-ring (bicyclic) bond motifs is 3. The van der Waals surface area contributed by atoms with E-state index in [1.807, 2.05) is 0 Å². The Morgan fingerprint density at radius 3 is 2.35 bits per heavy atom. The van der Waals surface area contributed by atoms with Gasteiger partial charge in [-0.3, -0.25) is 0 Å². The monoisotopic (exact) mass is 420 g/mol. The molecule has 166 valence electrons. The number of hydrogen-bond donors (Lipinski definition) is 0. The summed E-state index contributed by atoms with van der Waals surface area (Å²) < 4.78 is 7.86. The number of aryl methyl sites for hydroxylation is 5. The van der Waals surface area contributed by atoms with Crippen molar-refractivity contribution < 1.29 is 4.74 Å². The second-order valence-electron chi connectivity index (χ2n) is 8.96. The van der Waals surface area contributed by atoms with Gasteiger partial charge in [0, 0.05) is 30.5 Å². The van der Waals surface area contributed by atoms with Crippen molar-refractivity contribution in [2.24, 2.45) is 0 Å². The highest BCUT2D eigenvalue weighted by Crippen LogP contribution is 2.39. The first-order valence-corrected chi connectivity index (χ1v) is 11.7. The van der Waals surface area contributed by atoms with Gasteiger partial charge in [-0.05, 0) is 77.5 Å². The molecule has 3 heterocycles. The van der Waals surface area contributed by atoms with Crippen LogP contribution in [0.15, 0.2) is 12.1 Å². The van der Waals surface area contributed by atoms with Gasteiger partial charge in [-0.15, -0.1) is 0 Å². The summed E-state index contributed by atoms with van der Waals surface area (Å²) >= 11 is 0. The second-order valence-corrected chi connectivity index (χ2v) is 8.96. The van der Waals surface area contributed by atoms with Crippen molar-refractivity contribution in [1.82, 2.24) is 14.6 Å². The zero-order valence-electron chi connectivity index (χ0n) is 20.2. The SMILES string of the molecule is CCOCCN1c2c(c(C)nc3c(-c4c(C)cc(C)cc4C)c(C)nn23)CCC1CC. The van der Waals surface area contributed by atoms with Crippen LogP contribution in [0.3, 0.4) is 0 Å². The summed E-state index contributed by atoms with van der Waals surface area (Å²) in [6.45, 7) is 17.5. The lowest BCUT2D eigenvalue weighted by Crippen LogP contribution is -2.43. The largest absolute Gasteiger partial charge is 0.380 e. The van der Waals surface area contributed by atoms with Crippen LogP contribution in [0.2, 0.25) is 0 Å². The van der Waals surface area contributed by atoms with Gasteiger partial charge < -0.3 is 9.64 Å². The third-order valence-corrected chi connectivity index (χ3v) is 6.74. The lowest BCUT2D eigenvalue weighted by atomic mass is 9.93. The smallest absolute Gasteiger partial charge is 0.165 e. The van der Waals surface area contributed by atoms with Crippen LogP contribution >= 0.6 is 0 Å². The molecule has 4 rings (SSSR count). The van der Waals surface area contributed by atoms with Crippen LogP contribution in [0, 0.1) is 34.6 Å². The average molecular weight is 421 g/mol. The number of nitrogens with zero attached hydrogens (tertiary/aromatic N) is 4. The Labute approximate surface area is 186 Å². The van der Waals surface area contributed by atoms with Gasteiger partial charge in [-0.2, -0.15) is 9.61 Å². The van der Waals surface area contributed by atoms with Gasteiger partial charge >= 0.3 is 0 Å². The van der Waals surface area contributed by atoms with E-state index in [2.05, 4.69) is 70.0 Å². The van der Waals surface area contributed by atoms with E-state index in [1.165, 1.54) is 39.2 Å². The molecule has 5 heteroatoms. The Balaban J connectivity index is 1.96. The van der Waals surface area contributed by atoms with Crippen molar-refractivity contribution in [1.29, 1.82) is 0 Å².